The molecule has 3 aromatic rings. The number of nitrogens with two attached hydrogens (primary N) is 1. The molecule has 0 amide bonds. The third-order valence-electron chi connectivity index (χ3n) is 3.37. The highest BCUT2D eigenvalue weighted by Gasteiger charge is 2.17. The summed E-state index contributed by atoms with van der Waals surface area (Å²) in [6, 6.07) is 8.42. The Morgan fingerprint density at radius 1 is 1.33 bits per heavy atom. The summed E-state index contributed by atoms with van der Waals surface area (Å²) in [4.78, 5) is 4.19. The lowest BCUT2D eigenvalue weighted by Crippen LogP contribution is -2.03. The number of para-hydroxylation sites is 1. The van der Waals surface area contributed by atoms with Crippen molar-refractivity contribution in [1.82, 2.24) is 9.55 Å². The van der Waals surface area contributed by atoms with E-state index in [4.69, 9.17) is 22.1 Å². The van der Waals surface area contributed by atoms with Gasteiger partial charge in [0.25, 0.3) is 0 Å². The maximum atomic E-state index is 13.8. The molecule has 2 N–H and O–H groups in total. The minimum atomic E-state index is -0.481. The van der Waals surface area contributed by atoms with Gasteiger partial charge in [-0.1, -0.05) is 23.7 Å². The van der Waals surface area contributed by atoms with Crippen molar-refractivity contribution in [1.29, 1.82) is 0 Å². The van der Waals surface area contributed by atoms with Gasteiger partial charge in [-0.2, -0.15) is 0 Å². The van der Waals surface area contributed by atoms with E-state index < -0.39 is 5.82 Å². The Kier molecular flexibility index (Phi) is 3.22. The van der Waals surface area contributed by atoms with Crippen molar-refractivity contribution in [3.8, 4) is 11.4 Å². The maximum Gasteiger partial charge on any atom is 0.205 e. The Bertz CT molecular complexity index is 824. The summed E-state index contributed by atoms with van der Waals surface area (Å²) < 4.78 is 20.5. The smallest absolute Gasteiger partial charge is 0.205 e. The number of anilines is 1. The largest absolute Gasteiger partial charge is 0.494 e. The fourth-order valence-corrected chi connectivity index (χ4v) is 2.70. The minimum absolute atomic E-state index is 0.133. The lowest BCUT2D eigenvalue weighted by atomic mass is 10.2. The Morgan fingerprint density at radius 2 is 2.10 bits per heavy atom. The third-order valence-corrected chi connectivity index (χ3v) is 3.67. The summed E-state index contributed by atoms with van der Waals surface area (Å²) in [7, 11) is 1.41. The van der Waals surface area contributed by atoms with Crippen molar-refractivity contribution in [2.75, 3.05) is 12.8 Å². The molecule has 0 saturated carbocycles. The number of imidazole rings is 1. The lowest BCUT2D eigenvalue weighted by Gasteiger charge is -2.12. The number of hydrogen-bond acceptors (Lipinski definition) is 3. The monoisotopic (exact) mass is 305 g/mol. The molecule has 3 rings (SSSR count). The van der Waals surface area contributed by atoms with Gasteiger partial charge in [-0.25, -0.2) is 9.37 Å². The first-order chi connectivity index (χ1) is 10.0. The third kappa shape index (κ3) is 2.10. The van der Waals surface area contributed by atoms with Crippen molar-refractivity contribution >= 4 is 28.6 Å². The second-order valence-electron chi connectivity index (χ2n) is 4.69. The molecule has 2 aromatic carbocycles. The molecule has 0 atom stereocenters. The molecular weight excluding hydrogens is 293 g/mol. The molecule has 0 spiro atoms. The van der Waals surface area contributed by atoms with Crippen LogP contribution in [-0.2, 0) is 0 Å². The molecule has 1 aromatic heterocycles. The fraction of sp³-hybridized carbons (Fsp3) is 0.133. The summed E-state index contributed by atoms with van der Waals surface area (Å²) in [6.45, 7) is 1.92. The van der Waals surface area contributed by atoms with E-state index in [9.17, 15) is 4.39 Å². The number of methoxy groups -OCH3 is 1. The van der Waals surface area contributed by atoms with Gasteiger partial charge in [0.1, 0.15) is 0 Å². The number of ether oxygens (including phenoxy) is 1. The van der Waals surface area contributed by atoms with Crippen LogP contribution in [0.25, 0.3) is 16.7 Å². The van der Waals surface area contributed by atoms with E-state index in [1.54, 1.807) is 16.7 Å². The van der Waals surface area contributed by atoms with E-state index in [1.165, 1.54) is 13.2 Å². The molecule has 0 unspecified atom stereocenters. The molecular formula is C15H13ClFN3O. The second kappa shape index (κ2) is 4.93. The molecule has 0 fully saturated rings. The molecule has 0 bridgehead atoms. The quantitative estimate of drug-likeness (QED) is 0.785. The molecule has 0 aliphatic heterocycles. The van der Waals surface area contributed by atoms with Crippen LogP contribution in [0.3, 0.4) is 0 Å². The Morgan fingerprint density at radius 3 is 2.76 bits per heavy atom. The molecule has 0 aliphatic rings. The van der Waals surface area contributed by atoms with Crippen LogP contribution in [-0.4, -0.2) is 16.7 Å². The van der Waals surface area contributed by atoms with Crippen LogP contribution < -0.4 is 10.5 Å². The van der Waals surface area contributed by atoms with Crippen molar-refractivity contribution in [3.63, 3.8) is 0 Å². The first-order valence-corrected chi connectivity index (χ1v) is 6.67. The number of benzene rings is 2. The summed E-state index contributed by atoms with van der Waals surface area (Å²) in [5, 5.41) is 0.546. The number of halogens is 2. The lowest BCUT2D eigenvalue weighted by molar-refractivity contribution is 0.387. The molecule has 0 radical (unpaired) electrons. The van der Waals surface area contributed by atoms with Gasteiger partial charge in [0.05, 0.1) is 28.9 Å². The molecule has 6 heteroatoms. The fourth-order valence-electron chi connectivity index (χ4n) is 2.40. The SMILES string of the molecule is COc1cc2c(cc1F)nc(N)n2-c1c(C)cccc1Cl. The molecule has 0 saturated heterocycles. The minimum Gasteiger partial charge on any atom is -0.494 e. The highest BCUT2D eigenvalue weighted by Crippen LogP contribution is 2.33. The van der Waals surface area contributed by atoms with Gasteiger partial charge in [0.15, 0.2) is 11.6 Å². The number of nitrogens with zero attached hydrogens (tertiary/aromatic N) is 2. The topological polar surface area (TPSA) is 53.1 Å². The second-order valence-corrected chi connectivity index (χ2v) is 5.09. The maximum absolute atomic E-state index is 13.8. The zero-order valence-corrected chi connectivity index (χ0v) is 12.3. The predicted molar refractivity (Wildman–Crippen MR) is 81.7 cm³/mol. The van der Waals surface area contributed by atoms with Crippen molar-refractivity contribution in [2.45, 2.75) is 6.92 Å². The Labute approximate surface area is 125 Å². The number of rotatable bonds is 2. The summed E-state index contributed by atoms with van der Waals surface area (Å²) in [6.07, 6.45) is 0. The number of aromatic nitrogens is 2. The highest BCUT2D eigenvalue weighted by molar-refractivity contribution is 6.32. The number of hydrogen-bond donors (Lipinski definition) is 1. The van der Waals surface area contributed by atoms with Crippen LogP contribution in [0.5, 0.6) is 5.75 Å². The van der Waals surface area contributed by atoms with Crippen LogP contribution >= 0.6 is 11.6 Å². The van der Waals surface area contributed by atoms with Gasteiger partial charge < -0.3 is 10.5 Å². The van der Waals surface area contributed by atoms with Crippen LogP contribution in [0.15, 0.2) is 30.3 Å². The van der Waals surface area contributed by atoms with Crippen LogP contribution in [0.4, 0.5) is 10.3 Å². The van der Waals surface area contributed by atoms with Crippen molar-refractivity contribution < 1.29 is 9.13 Å². The van der Waals surface area contributed by atoms with Crippen LogP contribution in [0.1, 0.15) is 5.56 Å². The normalized spacial score (nSPS) is 11.0. The average molecular weight is 306 g/mol. The van der Waals surface area contributed by atoms with Gasteiger partial charge in [-0.05, 0) is 18.6 Å². The summed E-state index contributed by atoms with van der Waals surface area (Å²) in [5.41, 5.74) is 8.76. The van der Waals surface area contributed by atoms with E-state index in [1.807, 2.05) is 19.1 Å². The van der Waals surface area contributed by atoms with Gasteiger partial charge in [-0.3, -0.25) is 4.57 Å². The van der Waals surface area contributed by atoms with Gasteiger partial charge in [0.2, 0.25) is 5.95 Å². The first kappa shape index (κ1) is 13.7. The number of nitrogen functional groups attached to an aromatic ring is 1. The zero-order valence-electron chi connectivity index (χ0n) is 11.5. The molecule has 21 heavy (non-hydrogen) atoms. The standard InChI is InChI=1S/C15H13ClFN3O/c1-8-4-3-5-9(16)14(8)20-12-7-13(21-2)10(17)6-11(12)19-15(20)18/h3-7H,1-2H3,(H2,18,19). The van der Waals surface area contributed by atoms with E-state index in [-0.39, 0.29) is 11.7 Å². The molecule has 1 heterocycles. The predicted octanol–water partition coefficient (Wildman–Crippen LogP) is 3.72. The van der Waals surface area contributed by atoms with E-state index in [0.717, 1.165) is 11.3 Å². The van der Waals surface area contributed by atoms with Crippen molar-refractivity contribution in [2.24, 2.45) is 0 Å². The zero-order chi connectivity index (χ0) is 15.1. The Balaban J connectivity index is 2.40. The van der Waals surface area contributed by atoms with E-state index in [0.29, 0.717) is 16.1 Å². The van der Waals surface area contributed by atoms with Crippen molar-refractivity contribution in [3.05, 3.63) is 46.7 Å². The Hall–Kier alpha value is -2.27. The van der Waals surface area contributed by atoms with Crippen LogP contribution in [0.2, 0.25) is 5.02 Å². The molecule has 4 nitrogen and oxygen atoms in total. The average Bonchev–Trinajstić information content (AvgIpc) is 2.73. The van der Waals surface area contributed by atoms with Crippen LogP contribution in [0, 0.1) is 12.7 Å². The summed E-state index contributed by atoms with van der Waals surface area (Å²) >= 11 is 6.29. The van der Waals surface area contributed by atoms with Gasteiger partial charge in [0, 0.05) is 12.1 Å². The number of aryl methyl sites for hydroxylation is 1. The van der Waals surface area contributed by atoms with Gasteiger partial charge >= 0.3 is 0 Å². The summed E-state index contributed by atoms with van der Waals surface area (Å²) in [5.74, 6) is -0.104. The van der Waals surface area contributed by atoms with E-state index >= 15 is 0 Å². The van der Waals surface area contributed by atoms with Gasteiger partial charge in [-0.15, -0.1) is 0 Å². The first-order valence-electron chi connectivity index (χ1n) is 6.30. The molecule has 108 valence electrons. The highest BCUT2D eigenvalue weighted by atomic mass is 35.5. The number of fused-ring (bicyclic) bond motifs is 1. The van der Waals surface area contributed by atoms with E-state index in [2.05, 4.69) is 4.98 Å². The molecule has 0 aliphatic carbocycles.